The van der Waals surface area contributed by atoms with Crippen molar-refractivity contribution in [3.8, 4) is 5.75 Å². The molecule has 2 saturated carbocycles. The number of benzene rings is 2. The fourth-order valence-corrected chi connectivity index (χ4v) is 9.47. The second-order valence-electron chi connectivity index (χ2n) is 11.8. The topological polar surface area (TPSA) is 65.8 Å². The molecule has 8 rings (SSSR count). The monoisotopic (exact) mass is 547 g/mol. The number of thioether (sulfide) groups is 1. The molecule has 3 fully saturated rings. The number of rotatable bonds is 1. The van der Waals surface area contributed by atoms with Crippen molar-refractivity contribution in [1.29, 1.82) is 0 Å². The Morgan fingerprint density at radius 1 is 1.03 bits per heavy atom. The fourth-order valence-electron chi connectivity index (χ4n) is 8.39. The number of amides is 1. The van der Waals surface area contributed by atoms with E-state index in [1.807, 2.05) is 29.2 Å². The van der Waals surface area contributed by atoms with Gasteiger partial charge in [-0.2, -0.15) is 0 Å². The van der Waals surface area contributed by atoms with E-state index in [4.69, 9.17) is 0 Å². The number of aromatic nitrogens is 1. The number of hydrogen-bond acceptors (Lipinski definition) is 5. The first kappa shape index (κ1) is 23.5. The van der Waals surface area contributed by atoms with Crippen LogP contribution in [-0.2, 0) is 5.75 Å². The minimum atomic E-state index is -0.920. The summed E-state index contributed by atoms with van der Waals surface area (Å²) in [6, 6.07) is 11.2. The molecule has 1 saturated heterocycles. The second kappa shape index (κ2) is 8.10. The Morgan fingerprint density at radius 2 is 1.85 bits per heavy atom. The van der Waals surface area contributed by atoms with E-state index in [0.717, 1.165) is 36.1 Å². The number of aromatic hydroxyl groups is 1. The molecule has 1 amide bonds. The van der Waals surface area contributed by atoms with Gasteiger partial charge in [0.05, 0.1) is 6.04 Å². The molecular formula is C30H27F2N3O3S. The molecule has 1 aromatic heterocycles. The molecule has 5 aliphatic rings. The highest BCUT2D eigenvalue weighted by Gasteiger charge is 2.62. The van der Waals surface area contributed by atoms with E-state index in [0.29, 0.717) is 29.3 Å². The first-order valence-electron chi connectivity index (χ1n) is 13.6. The Morgan fingerprint density at radius 3 is 2.69 bits per heavy atom. The molecule has 2 aliphatic carbocycles. The molecule has 0 unspecified atom stereocenters. The zero-order valence-corrected chi connectivity index (χ0v) is 22.0. The van der Waals surface area contributed by atoms with E-state index in [2.05, 4.69) is 5.01 Å². The summed E-state index contributed by atoms with van der Waals surface area (Å²) in [4.78, 5) is 29.3. The zero-order valence-electron chi connectivity index (χ0n) is 21.1. The maximum atomic E-state index is 14.9. The lowest BCUT2D eigenvalue weighted by Crippen LogP contribution is -2.69. The number of nitrogens with zero attached hydrogens (tertiary/aromatic N) is 3. The summed E-state index contributed by atoms with van der Waals surface area (Å²) in [6.45, 7) is 0.527. The minimum absolute atomic E-state index is 0.0728. The Labute approximate surface area is 228 Å². The Bertz CT molecular complexity index is 1630. The highest BCUT2D eigenvalue weighted by atomic mass is 32.2. The van der Waals surface area contributed by atoms with E-state index in [9.17, 15) is 23.5 Å². The molecule has 3 aliphatic heterocycles. The zero-order chi connectivity index (χ0) is 26.6. The van der Waals surface area contributed by atoms with Crippen LogP contribution in [0.1, 0.15) is 65.3 Å². The van der Waals surface area contributed by atoms with Crippen LogP contribution in [-0.4, -0.2) is 33.3 Å². The smallest absolute Gasteiger partial charge is 0.278 e. The number of hydrogen-bond donors (Lipinski definition) is 1. The lowest BCUT2D eigenvalue weighted by molar-refractivity contribution is -0.0215. The van der Waals surface area contributed by atoms with Gasteiger partial charge in [0.15, 0.2) is 23.1 Å². The molecule has 1 spiro atoms. The van der Waals surface area contributed by atoms with Gasteiger partial charge < -0.3 is 10.0 Å². The van der Waals surface area contributed by atoms with E-state index >= 15 is 0 Å². The SMILES string of the molecule is O=C1c2c(O)c(=O)ccn2N([C@H]2c3cc(F)c(F)cc3CSc3ccccc32)[C@@H]2[C@H]3C[C@@H]4CC[C@@]3(CCN12)C4. The quantitative estimate of drug-likeness (QED) is 0.456. The van der Waals surface area contributed by atoms with Gasteiger partial charge in [0.2, 0.25) is 5.43 Å². The van der Waals surface area contributed by atoms with Crippen LogP contribution < -0.4 is 10.4 Å². The normalized spacial score (nSPS) is 30.3. The Kier molecular flexibility index (Phi) is 4.89. The van der Waals surface area contributed by atoms with Crippen molar-refractivity contribution in [3.63, 3.8) is 0 Å². The summed E-state index contributed by atoms with van der Waals surface area (Å²) in [5, 5.41) is 13.0. The predicted octanol–water partition coefficient (Wildman–Crippen LogP) is 5.16. The van der Waals surface area contributed by atoms with Crippen LogP contribution in [0, 0.1) is 28.9 Å². The van der Waals surface area contributed by atoms with Gasteiger partial charge in [0.25, 0.3) is 5.91 Å². The molecule has 0 radical (unpaired) electrons. The number of fused-ring (bicyclic) bond motifs is 6. The average Bonchev–Trinajstić information content (AvgIpc) is 3.47. The Balaban J connectivity index is 1.43. The molecule has 2 bridgehead atoms. The van der Waals surface area contributed by atoms with Crippen LogP contribution in [0.25, 0.3) is 0 Å². The maximum absolute atomic E-state index is 14.9. The largest absolute Gasteiger partial charge is 0.502 e. The van der Waals surface area contributed by atoms with E-state index in [-0.39, 0.29) is 29.1 Å². The molecule has 6 nitrogen and oxygen atoms in total. The predicted molar refractivity (Wildman–Crippen MR) is 142 cm³/mol. The number of carbonyl (C=O) groups excluding carboxylic acids is 1. The van der Waals surface area contributed by atoms with Gasteiger partial charge in [-0.15, -0.1) is 11.8 Å². The van der Waals surface area contributed by atoms with Crippen molar-refractivity contribution < 1.29 is 18.7 Å². The first-order chi connectivity index (χ1) is 18.9. The van der Waals surface area contributed by atoms with E-state index in [1.165, 1.54) is 24.6 Å². The summed E-state index contributed by atoms with van der Waals surface area (Å²) < 4.78 is 31.1. The molecule has 2 aromatic carbocycles. The summed E-state index contributed by atoms with van der Waals surface area (Å²) in [5.74, 6) is -1.46. The van der Waals surface area contributed by atoms with Crippen LogP contribution in [0.2, 0.25) is 0 Å². The maximum Gasteiger partial charge on any atom is 0.278 e. The average molecular weight is 548 g/mol. The van der Waals surface area contributed by atoms with Crippen molar-refractivity contribution in [2.45, 2.75) is 55.0 Å². The van der Waals surface area contributed by atoms with Gasteiger partial charge in [0.1, 0.15) is 6.17 Å². The van der Waals surface area contributed by atoms with Gasteiger partial charge in [-0.25, -0.2) is 8.78 Å². The summed E-state index contributed by atoms with van der Waals surface area (Å²) in [7, 11) is 0. The first-order valence-corrected chi connectivity index (χ1v) is 14.6. The van der Waals surface area contributed by atoms with Crippen molar-refractivity contribution in [2.24, 2.45) is 17.3 Å². The molecule has 9 heteroatoms. The Hall–Kier alpha value is -3.33. The molecular weight excluding hydrogens is 520 g/mol. The lowest BCUT2D eigenvalue weighted by Gasteiger charge is -2.58. The molecule has 200 valence electrons. The number of carbonyl (C=O) groups is 1. The van der Waals surface area contributed by atoms with Crippen molar-refractivity contribution in [2.75, 3.05) is 11.6 Å². The highest BCUT2D eigenvalue weighted by Crippen LogP contribution is 2.64. The summed E-state index contributed by atoms with van der Waals surface area (Å²) >= 11 is 1.58. The summed E-state index contributed by atoms with van der Waals surface area (Å²) in [6.07, 6.45) is 6.59. The molecule has 4 heterocycles. The van der Waals surface area contributed by atoms with Gasteiger partial charge >= 0.3 is 0 Å². The van der Waals surface area contributed by atoms with Crippen LogP contribution in [0.4, 0.5) is 8.78 Å². The lowest BCUT2D eigenvalue weighted by atomic mass is 9.67. The minimum Gasteiger partial charge on any atom is -0.502 e. The third-order valence-corrected chi connectivity index (χ3v) is 11.2. The van der Waals surface area contributed by atoms with Gasteiger partial charge in [-0.3, -0.25) is 19.3 Å². The number of piperidine rings is 1. The van der Waals surface area contributed by atoms with E-state index in [1.54, 1.807) is 22.6 Å². The van der Waals surface area contributed by atoms with Crippen molar-refractivity contribution >= 4 is 17.7 Å². The van der Waals surface area contributed by atoms with Crippen molar-refractivity contribution in [3.05, 3.63) is 92.9 Å². The van der Waals surface area contributed by atoms with Crippen LogP contribution in [0.3, 0.4) is 0 Å². The highest BCUT2D eigenvalue weighted by molar-refractivity contribution is 7.98. The second-order valence-corrected chi connectivity index (χ2v) is 12.8. The molecule has 39 heavy (non-hydrogen) atoms. The number of pyridine rings is 1. The van der Waals surface area contributed by atoms with Crippen LogP contribution >= 0.6 is 11.8 Å². The standard InChI is InChI=1S/C30H27F2N3O3S/c31-21-12-17-15-39-24-4-2-1-3-18(24)25(19(17)13-22(21)32)35-28-20-11-16-5-7-30(20,14-16)8-10-33(28)29(38)26-27(37)23(36)6-9-34(26)35/h1-4,6,9,12-13,16,20,25,28,37H,5,7-8,10-11,14-15H2/t16-,20+,25+,28+,30+/m0/s1. The van der Waals surface area contributed by atoms with Crippen LogP contribution in [0.15, 0.2) is 58.4 Å². The van der Waals surface area contributed by atoms with Gasteiger partial charge in [-0.05, 0) is 78.3 Å². The third-order valence-electron chi connectivity index (χ3n) is 10.0. The van der Waals surface area contributed by atoms with Gasteiger partial charge in [0, 0.05) is 35.4 Å². The van der Waals surface area contributed by atoms with Gasteiger partial charge in [-0.1, -0.05) is 18.2 Å². The molecule has 1 N–H and O–H groups in total. The summed E-state index contributed by atoms with van der Waals surface area (Å²) in [5.41, 5.74) is 1.69. The van der Waals surface area contributed by atoms with E-state index < -0.39 is 28.9 Å². The molecule has 3 aromatic rings. The number of halogens is 2. The molecule has 5 atom stereocenters. The van der Waals surface area contributed by atoms with Crippen molar-refractivity contribution in [1.82, 2.24) is 9.58 Å². The van der Waals surface area contributed by atoms with Crippen LogP contribution in [0.5, 0.6) is 5.75 Å². The fraction of sp³-hybridized carbons (Fsp3) is 0.400. The third kappa shape index (κ3) is 3.13.